The molecule has 0 fully saturated rings. The number of thiophene rings is 1. The summed E-state index contributed by atoms with van der Waals surface area (Å²) in [6.07, 6.45) is 1.73. The van der Waals surface area contributed by atoms with Crippen molar-refractivity contribution < 1.29 is 23.8 Å². The van der Waals surface area contributed by atoms with Crippen LogP contribution in [0.25, 0.3) is 11.1 Å². The van der Waals surface area contributed by atoms with Crippen LogP contribution >= 0.6 is 23.1 Å². The second-order valence-electron chi connectivity index (χ2n) is 8.19. The third-order valence-corrected chi connectivity index (χ3v) is 7.64. The van der Waals surface area contributed by atoms with Crippen LogP contribution in [0.4, 0.5) is 5.00 Å². The van der Waals surface area contributed by atoms with Crippen molar-refractivity contribution in [2.24, 2.45) is 0 Å². The van der Waals surface area contributed by atoms with Crippen LogP contribution in [0.5, 0.6) is 11.5 Å². The first-order valence-corrected chi connectivity index (χ1v) is 13.7. The molecule has 0 aliphatic heterocycles. The van der Waals surface area contributed by atoms with Gasteiger partial charge in [0.1, 0.15) is 28.7 Å². The van der Waals surface area contributed by atoms with E-state index < -0.39 is 5.97 Å². The molecule has 0 spiro atoms. The van der Waals surface area contributed by atoms with Crippen LogP contribution in [0.3, 0.4) is 0 Å². The summed E-state index contributed by atoms with van der Waals surface area (Å²) in [5.74, 6) is 1.28. The van der Waals surface area contributed by atoms with Crippen LogP contribution < -0.4 is 14.8 Å². The Labute approximate surface area is 234 Å². The summed E-state index contributed by atoms with van der Waals surface area (Å²) in [4.78, 5) is 26.6. The zero-order valence-corrected chi connectivity index (χ0v) is 23.4. The molecule has 0 saturated carbocycles. The molecule has 4 rings (SSSR count). The highest BCUT2D eigenvalue weighted by Crippen LogP contribution is 2.40. The van der Waals surface area contributed by atoms with Crippen molar-refractivity contribution in [3.05, 3.63) is 83.5 Å². The first kappa shape index (κ1) is 27.9. The predicted molar refractivity (Wildman–Crippen MR) is 153 cm³/mol. The Bertz CT molecular complexity index is 1450. The van der Waals surface area contributed by atoms with Gasteiger partial charge in [0.2, 0.25) is 5.91 Å². The van der Waals surface area contributed by atoms with Gasteiger partial charge in [-0.1, -0.05) is 48.2 Å². The molecule has 9 nitrogen and oxygen atoms in total. The number of rotatable bonds is 12. The number of aryl methyl sites for hydroxylation is 1. The second-order valence-corrected chi connectivity index (χ2v) is 10.4. The number of ether oxygens (including phenoxy) is 3. The van der Waals surface area contributed by atoms with Crippen molar-refractivity contribution in [1.29, 1.82) is 0 Å². The maximum absolute atomic E-state index is 13.0. The Kier molecular flexibility index (Phi) is 9.40. The highest BCUT2D eigenvalue weighted by molar-refractivity contribution is 7.99. The minimum atomic E-state index is -0.506. The van der Waals surface area contributed by atoms with Crippen LogP contribution in [0.1, 0.15) is 21.1 Å². The number of esters is 1. The molecule has 0 radical (unpaired) electrons. The monoisotopic (exact) mass is 564 g/mol. The van der Waals surface area contributed by atoms with Crippen LogP contribution in [0, 0.1) is 6.92 Å². The van der Waals surface area contributed by atoms with Gasteiger partial charge >= 0.3 is 5.97 Å². The summed E-state index contributed by atoms with van der Waals surface area (Å²) >= 11 is 2.57. The van der Waals surface area contributed by atoms with E-state index in [1.807, 2.05) is 66.1 Å². The van der Waals surface area contributed by atoms with Crippen molar-refractivity contribution in [1.82, 2.24) is 14.8 Å². The van der Waals surface area contributed by atoms with Crippen molar-refractivity contribution in [3.63, 3.8) is 0 Å². The molecule has 4 aromatic rings. The summed E-state index contributed by atoms with van der Waals surface area (Å²) in [6, 6.07) is 16.8. The smallest absolute Gasteiger partial charge is 0.341 e. The van der Waals surface area contributed by atoms with Gasteiger partial charge in [0.15, 0.2) is 11.0 Å². The van der Waals surface area contributed by atoms with Gasteiger partial charge in [0.25, 0.3) is 0 Å². The van der Waals surface area contributed by atoms with Crippen LogP contribution in [-0.4, -0.2) is 46.6 Å². The first-order valence-electron chi connectivity index (χ1n) is 11.9. The van der Waals surface area contributed by atoms with Crippen LogP contribution in [0.2, 0.25) is 0 Å². The number of thioether (sulfide) groups is 1. The van der Waals surface area contributed by atoms with Gasteiger partial charge in [-0.15, -0.1) is 28.1 Å². The van der Waals surface area contributed by atoms with Crippen LogP contribution in [-0.2, 0) is 22.7 Å². The van der Waals surface area contributed by atoms with Crippen molar-refractivity contribution in [2.45, 2.75) is 25.2 Å². The number of aromatic nitrogens is 3. The number of methoxy groups -OCH3 is 2. The zero-order chi connectivity index (χ0) is 27.8. The standard InChI is InChI=1S/C28H28N4O5S2/c1-5-15-32-22(16-37-21-13-11-20(35-3)12-14-21)30-31-28(32)38-17-23(33)29-26-25(27(34)36-4)24(18(2)39-26)19-9-7-6-8-10-19/h5-14H,1,15-17H2,2-4H3,(H,29,33). The molecule has 1 amide bonds. The maximum Gasteiger partial charge on any atom is 0.341 e. The predicted octanol–water partition coefficient (Wildman–Crippen LogP) is 5.61. The van der Waals surface area contributed by atoms with Gasteiger partial charge in [0.05, 0.1) is 20.0 Å². The SMILES string of the molecule is C=CCn1c(COc2ccc(OC)cc2)nnc1SCC(=O)Nc1sc(C)c(-c2ccccc2)c1C(=O)OC. The number of amides is 1. The Morgan fingerprint density at radius 2 is 1.79 bits per heavy atom. The lowest BCUT2D eigenvalue weighted by Gasteiger charge is -2.10. The van der Waals surface area contributed by atoms with Gasteiger partial charge < -0.3 is 19.5 Å². The number of hydrogen-bond acceptors (Lipinski definition) is 9. The highest BCUT2D eigenvalue weighted by Gasteiger charge is 2.25. The number of allylic oxidation sites excluding steroid dienone is 1. The Balaban J connectivity index is 1.45. The van der Waals surface area contributed by atoms with E-state index in [0.717, 1.165) is 21.8 Å². The van der Waals surface area contributed by atoms with E-state index in [2.05, 4.69) is 22.1 Å². The Morgan fingerprint density at radius 3 is 2.46 bits per heavy atom. The molecular weight excluding hydrogens is 536 g/mol. The van der Waals surface area contributed by atoms with E-state index in [9.17, 15) is 9.59 Å². The molecule has 0 atom stereocenters. The lowest BCUT2D eigenvalue weighted by Crippen LogP contribution is -2.16. The molecule has 202 valence electrons. The molecule has 0 aliphatic carbocycles. The van der Waals surface area contributed by atoms with E-state index >= 15 is 0 Å². The molecule has 2 heterocycles. The van der Waals surface area contributed by atoms with E-state index in [-0.39, 0.29) is 18.3 Å². The molecule has 2 aromatic heterocycles. The second kappa shape index (κ2) is 13.1. The normalized spacial score (nSPS) is 10.6. The molecule has 0 saturated heterocycles. The molecule has 0 unspecified atom stereocenters. The molecule has 2 aromatic carbocycles. The lowest BCUT2D eigenvalue weighted by molar-refractivity contribution is -0.113. The third-order valence-electron chi connectivity index (χ3n) is 5.65. The van der Waals surface area contributed by atoms with Crippen molar-refractivity contribution >= 4 is 40.0 Å². The van der Waals surface area contributed by atoms with Gasteiger partial charge in [-0.25, -0.2) is 4.79 Å². The average molecular weight is 565 g/mol. The lowest BCUT2D eigenvalue weighted by atomic mass is 10.0. The van der Waals surface area contributed by atoms with Gasteiger partial charge in [-0.3, -0.25) is 9.36 Å². The minimum Gasteiger partial charge on any atom is -0.497 e. The number of benzene rings is 2. The largest absolute Gasteiger partial charge is 0.497 e. The number of nitrogens with one attached hydrogen (secondary N) is 1. The van der Waals surface area contributed by atoms with E-state index in [0.29, 0.717) is 33.8 Å². The summed E-state index contributed by atoms with van der Waals surface area (Å²) < 4.78 is 17.9. The summed E-state index contributed by atoms with van der Waals surface area (Å²) in [5.41, 5.74) is 1.98. The van der Waals surface area contributed by atoms with Gasteiger partial charge in [-0.2, -0.15) is 0 Å². The fourth-order valence-electron chi connectivity index (χ4n) is 3.84. The fraction of sp³-hybridized carbons (Fsp3) is 0.214. The number of anilines is 1. The number of nitrogens with zero attached hydrogens (tertiary/aromatic N) is 3. The molecule has 0 bridgehead atoms. The van der Waals surface area contributed by atoms with E-state index in [4.69, 9.17) is 14.2 Å². The zero-order valence-electron chi connectivity index (χ0n) is 21.8. The molecule has 11 heteroatoms. The average Bonchev–Trinajstić information content (AvgIpc) is 3.50. The summed E-state index contributed by atoms with van der Waals surface area (Å²) in [7, 11) is 2.93. The molecular formula is C28H28N4O5S2. The Morgan fingerprint density at radius 1 is 1.08 bits per heavy atom. The number of carbonyl (C=O) groups excluding carboxylic acids is 2. The first-order chi connectivity index (χ1) is 18.9. The highest BCUT2D eigenvalue weighted by atomic mass is 32.2. The maximum atomic E-state index is 13.0. The molecule has 0 aliphatic rings. The quantitative estimate of drug-likeness (QED) is 0.135. The summed E-state index contributed by atoms with van der Waals surface area (Å²) in [6.45, 7) is 6.38. The van der Waals surface area contributed by atoms with E-state index in [1.54, 1.807) is 13.2 Å². The number of carbonyl (C=O) groups is 2. The van der Waals surface area contributed by atoms with Crippen LogP contribution in [0.15, 0.2) is 72.4 Å². The molecule has 1 N–H and O–H groups in total. The van der Waals surface area contributed by atoms with E-state index in [1.165, 1.54) is 30.2 Å². The molecule has 39 heavy (non-hydrogen) atoms. The van der Waals surface area contributed by atoms with Crippen molar-refractivity contribution in [3.8, 4) is 22.6 Å². The van der Waals surface area contributed by atoms with Gasteiger partial charge in [-0.05, 0) is 36.8 Å². The Hall–Kier alpha value is -4.09. The number of hydrogen-bond donors (Lipinski definition) is 1. The third kappa shape index (κ3) is 6.68. The fourth-order valence-corrected chi connectivity index (χ4v) is 5.69. The van der Waals surface area contributed by atoms with Gasteiger partial charge in [0, 0.05) is 17.0 Å². The summed E-state index contributed by atoms with van der Waals surface area (Å²) in [5, 5.41) is 12.4. The topological polar surface area (TPSA) is 105 Å². The minimum absolute atomic E-state index is 0.0623. The van der Waals surface area contributed by atoms with Crippen molar-refractivity contribution in [2.75, 3.05) is 25.3 Å².